The molecule has 3 aromatic heterocycles. The number of fused-ring (bicyclic) bond motifs is 4. The molecule has 0 spiro atoms. The average Bonchev–Trinajstić information content (AvgIpc) is 3.61. The summed E-state index contributed by atoms with van der Waals surface area (Å²) in [5, 5.41) is 7.70. The molecule has 242 valence electrons. The maximum absolute atomic E-state index is 13.6. The van der Waals surface area contributed by atoms with Crippen LogP contribution >= 0.6 is 0 Å². The van der Waals surface area contributed by atoms with Crippen LogP contribution in [0.4, 0.5) is 0 Å². The lowest BCUT2D eigenvalue weighted by Crippen LogP contribution is -2.51. The largest absolute Gasteiger partial charge is 0.378 e. The van der Waals surface area contributed by atoms with Gasteiger partial charge in [-0.15, -0.1) is 0 Å². The molecule has 10 heteroatoms. The van der Waals surface area contributed by atoms with E-state index in [0.29, 0.717) is 19.7 Å². The van der Waals surface area contributed by atoms with Crippen LogP contribution < -0.4 is 10.6 Å². The molecule has 0 radical (unpaired) electrons. The van der Waals surface area contributed by atoms with Crippen LogP contribution in [0, 0.1) is 0 Å². The number of hydrogen-bond donors (Lipinski definition) is 2. The van der Waals surface area contributed by atoms with Crippen molar-refractivity contribution < 1.29 is 14.3 Å². The zero-order valence-corrected chi connectivity index (χ0v) is 27.1. The minimum absolute atomic E-state index is 0.0632. The van der Waals surface area contributed by atoms with E-state index in [9.17, 15) is 9.59 Å². The Kier molecular flexibility index (Phi) is 7.77. The number of pyridine rings is 1. The number of carbonyl (C=O) groups excluding carboxylic acids is 2. The van der Waals surface area contributed by atoms with Crippen molar-refractivity contribution in [2.45, 2.75) is 57.7 Å². The second kappa shape index (κ2) is 12.2. The first-order valence-corrected chi connectivity index (χ1v) is 16.9. The van der Waals surface area contributed by atoms with Crippen molar-refractivity contribution in [3.05, 3.63) is 82.5 Å². The molecule has 6 heterocycles. The summed E-state index contributed by atoms with van der Waals surface area (Å²) in [5.74, 6) is 0.855. The fourth-order valence-corrected chi connectivity index (χ4v) is 7.49. The standard InChI is InChI=1S/C37H41N7O3/c1-23-30-12-11-26-19-33(44(34(26)40-30)15-7-3-4-8-24-9-5-6-10-28(24)36(45)39-23)35-41-31-20-29-25(18-32(31)42(35)2)13-16-43(37(29)46)21-27-22-47-17-14-38-27/h5-6,9-12,18-20,23,27,38H,3-4,7-8,13-17,21-22H2,1-2H3,(H,39,45)/t23-,27+/m1/s1. The molecular weight excluding hydrogens is 590 g/mol. The predicted molar refractivity (Wildman–Crippen MR) is 182 cm³/mol. The average molecular weight is 632 g/mol. The van der Waals surface area contributed by atoms with Crippen LogP contribution in [0.1, 0.15) is 69.8 Å². The zero-order valence-electron chi connectivity index (χ0n) is 27.1. The van der Waals surface area contributed by atoms with Crippen molar-refractivity contribution in [1.29, 1.82) is 0 Å². The number of imidazole rings is 1. The number of ether oxygens (including phenoxy) is 1. The van der Waals surface area contributed by atoms with Gasteiger partial charge in [0.05, 0.1) is 41.7 Å². The van der Waals surface area contributed by atoms with Gasteiger partial charge in [-0.1, -0.05) is 24.6 Å². The molecule has 3 aliphatic rings. The number of rotatable bonds is 3. The first-order valence-electron chi connectivity index (χ1n) is 16.9. The summed E-state index contributed by atoms with van der Waals surface area (Å²) in [4.78, 5) is 39.2. The number of carbonyl (C=O) groups is 2. The number of hydrogen-bond acceptors (Lipinski definition) is 6. The van der Waals surface area contributed by atoms with Gasteiger partial charge in [-0.3, -0.25) is 9.59 Å². The smallest absolute Gasteiger partial charge is 0.254 e. The lowest BCUT2D eigenvalue weighted by molar-refractivity contribution is 0.0511. The van der Waals surface area contributed by atoms with E-state index in [2.05, 4.69) is 51.1 Å². The molecule has 2 aromatic carbocycles. The number of amides is 2. The van der Waals surface area contributed by atoms with E-state index in [4.69, 9.17) is 14.7 Å². The van der Waals surface area contributed by atoms with Gasteiger partial charge in [-0.05, 0) is 80.1 Å². The number of nitrogens with one attached hydrogen (secondary N) is 2. The number of benzene rings is 2. The monoisotopic (exact) mass is 631 g/mol. The molecule has 1 fully saturated rings. The van der Waals surface area contributed by atoms with Crippen LogP contribution in [0.5, 0.6) is 0 Å². The van der Waals surface area contributed by atoms with Gasteiger partial charge in [0.2, 0.25) is 0 Å². The highest BCUT2D eigenvalue weighted by atomic mass is 16.5. The molecule has 10 nitrogen and oxygen atoms in total. The van der Waals surface area contributed by atoms with Gasteiger partial charge in [0.25, 0.3) is 11.8 Å². The molecule has 47 heavy (non-hydrogen) atoms. The first kappa shape index (κ1) is 29.8. The maximum atomic E-state index is 13.6. The molecule has 8 rings (SSSR count). The topological polar surface area (TPSA) is 106 Å². The van der Waals surface area contributed by atoms with Crippen LogP contribution in [0.2, 0.25) is 0 Å². The van der Waals surface area contributed by atoms with Crippen LogP contribution in [0.25, 0.3) is 33.6 Å². The van der Waals surface area contributed by atoms with E-state index in [1.54, 1.807) is 0 Å². The van der Waals surface area contributed by atoms with Crippen LogP contribution in [0.3, 0.4) is 0 Å². The van der Waals surface area contributed by atoms with E-state index in [-0.39, 0.29) is 23.9 Å². The van der Waals surface area contributed by atoms with E-state index in [1.807, 2.05) is 42.2 Å². The molecule has 0 saturated carbocycles. The van der Waals surface area contributed by atoms with E-state index < -0.39 is 0 Å². The quantitative estimate of drug-likeness (QED) is 0.297. The van der Waals surface area contributed by atoms with Crippen molar-refractivity contribution in [3.63, 3.8) is 0 Å². The maximum Gasteiger partial charge on any atom is 0.254 e. The highest BCUT2D eigenvalue weighted by molar-refractivity contribution is 6.01. The third-order valence-electron chi connectivity index (χ3n) is 10.1. The van der Waals surface area contributed by atoms with Crippen molar-refractivity contribution in [1.82, 2.24) is 34.6 Å². The molecule has 1 saturated heterocycles. The van der Waals surface area contributed by atoms with Gasteiger partial charge >= 0.3 is 0 Å². The highest BCUT2D eigenvalue weighted by Crippen LogP contribution is 2.33. The molecule has 2 amide bonds. The SMILES string of the molecule is C[C@H]1NC(=O)c2ccccc2CCCCCn2c(-c3nc4cc5c(cc4n3C)CCN(C[C@H]3COCCN3)C5=O)cc3ccc1nc32. The van der Waals surface area contributed by atoms with Gasteiger partial charge in [0.15, 0.2) is 5.82 Å². The number of aryl methyl sites for hydroxylation is 3. The Morgan fingerprint density at radius 3 is 2.70 bits per heavy atom. The summed E-state index contributed by atoms with van der Waals surface area (Å²) in [7, 11) is 2.06. The molecule has 0 unspecified atom stereocenters. The van der Waals surface area contributed by atoms with Crippen LogP contribution in [-0.2, 0) is 31.2 Å². The molecule has 2 N–H and O–H groups in total. The van der Waals surface area contributed by atoms with E-state index in [1.165, 1.54) is 0 Å². The minimum atomic E-state index is -0.254. The minimum Gasteiger partial charge on any atom is -0.378 e. The number of morpholine rings is 1. The summed E-state index contributed by atoms with van der Waals surface area (Å²) >= 11 is 0. The summed E-state index contributed by atoms with van der Waals surface area (Å²) in [6.45, 7) is 6.31. The summed E-state index contributed by atoms with van der Waals surface area (Å²) in [6, 6.07) is 18.3. The fraction of sp³-hybridized carbons (Fsp3) is 0.405. The van der Waals surface area contributed by atoms with Crippen molar-refractivity contribution in [2.75, 3.05) is 32.8 Å². The van der Waals surface area contributed by atoms with E-state index >= 15 is 0 Å². The second-order valence-corrected chi connectivity index (χ2v) is 13.2. The first-order chi connectivity index (χ1) is 22.9. The van der Waals surface area contributed by atoms with Crippen molar-refractivity contribution >= 4 is 33.9 Å². The lowest BCUT2D eigenvalue weighted by atomic mass is 9.97. The molecule has 2 bridgehead atoms. The third-order valence-corrected chi connectivity index (χ3v) is 10.1. The summed E-state index contributed by atoms with van der Waals surface area (Å²) < 4.78 is 10.1. The number of nitrogens with zero attached hydrogens (tertiary/aromatic N) is 5. The highest BCUT2D eigenvalue weighted by Gasteiger charge is 2.29. The summed E-state index contributed by atoms with van der Waals surface area (Å²) in [6.07, 6.45) is 4.70. The van der Waals surface area contributed by atoms with Gasteiger partial charge in [-0.25, -0.2) is 9.97 Å². The zero-order chi connectivity index (χ0) is 32.1. The number of aromatic nitrogens is 4. The fourth-order valence-electron chi connectivity index (χ4n) is 7.49. The molecule has 2 atom stereocenters. The van der Waals surface area contributed by atoms with Crippen molar-refractivity contribution in [2.24, 2.45) is 7.05 Å². The van der Waals surface area contributed by atoms with Crippen LogP contribution in [0.15, 0.2) is 54.6 Å². The van der Waals surface area contributed by atoms with Gasteiger partial charge in [0, 0.05) is 55.8 Å². The van der Waals surface area contributed by atoms with Gasteiger partial charge in [-0.2, -0.15) is 0 Å². The Bertz CT molecular complexity index is 2000. The Hall–Kier alpha value is -4.54. The second-order valence-electron chi connectivity index (χ2n) is 13.2. The predicted octanol–water partition coefficient (Wildman–Crippen LogP) is 4.79. The van der Waals surface area contributed by atoms with E-state index in [0.717, 1.165) is 113 Å². The summed E-state index contributed by atoms with van der Waals surface area (Å²) in [5.41, 5.74) is 8.22. The molecule has 0 aliphatic carbocycles. The molecular formula is C37H41N7O3. The van der Waals surface area contributed by atoms with Gasteiger partial charge in [0.1, 0.15) is 5.65 Å². The van der Waals surface area contributed by atoms with Gasteiger partial charge < -0.3 is 29.4 Å². The van der Waals surface area contributed by atoms with Crippen molar-refractivity contribution in [3.8, 4) is 11.5 Å². The molecule has 3 aliphatic heterocycles. The molecule has 5 aromatic rings. The Morgan fingerprint density at radius 1 is 0.936 bits per heavy atom. The lowest BCUT2D eigenvalue weighted by Gasteiger charge is -2.33. The Morgan fingerprint density at radius 2 is 1.83 bits per heavy atom. The third kappa shape index (κ3) is 5.49. The Balaban J connectivity index is 1.15. The normalized spacial score (nSPS) is 20.7. The Labute approximate surface area is 274 Å². The van der Waals surface area contributed by atoms with Crippen LogP contribution in [-0.4, -0.2) is 74.7 Å².